The van der Waals surface area contributed by atoms with E-state index in [1.54, 1.807) is 0 Å². The summed E-state index contributed by atoms with van der Waals surface area (Å²) in [4.78, 5) is 51.5. The molecular formula is C23H20Cl4N2O5. The van der Waals surface area contributed by atoms with Gasteiger partial charge in [0.1, 0.15) is 6.04 Å². The molecule has 0 saturated heterocycles. The third-order valence-electron chi connectivity index (χ3n) is 5.47. The van der Waals surface area contributed by atoms with Crippen LogP contribution in [0.2, 0.25) is 20.1 Å². The highest BCUT2D eigenvalue weighted by atomic mass is 35.5. The zero-order chi connectivity index (χ0) is 25.3. The van der Waals surface area contributed by atoms with Gasteiger partial charge in [-0.1, -0.05) is 78.5 Å². The molecule has 7 nitrogen and oxygen atoms in total. The standard InChI is InChI=1S/C23H20Cl4N2O5/c1-4-11-7-6-8-12(5-2)20(11)28-13(30)9-34-23(33)10(3)29-21(31)14-15(22(29)32)17(25)19(27)18(26)16(14)24/h6-8,10H,4-5,9H2,1-3H3,(H,28,30)/t10-/m1/s1. The Morgan fingerprint density at radius 3 is 1.82 bits per heavy atom. The SMILES string of the molecule is CCc1cccc(CC)c1NC(=O)COC(=O)[C@@H](C)N1C(=O)c2c(Cl)c(Cl)c(Cl)c(Cl)c2C1=O. The third kappa shape index (κ3) is 4.62. The molecule has 3 amide bonds. The van der Waals surface area contributed by atoms with Crippen LogP contribution in [0.5, 0.6) is 0 Å². The van der Waals surface area contributed by atoms with Crippen molar-refractivity contribution < 1.29 is 23.9 Å². The predicted octanol–water partition coefficient (Wildman–Crippen LogP) is 5.59. The number of amides is 3. The molecule has 2 aromatic rings. The molecule has 34 heavy (non-hydrogen) atoms. The van der Waals surface area contributed by atoms with Crippen LogP contribution in [0.1, 0.15) is 52.6 Å². The van der Waals surface area contributed by atoms with E-state index in [-0.39, 0.29) is 31.2 Å². The summed E-state index contributed by atoms with van der Waals surface area (Å²) in [6.45, 7) is 4.61. The number of benzene rings is 2. The van der Waals surface area contributed by atoms with Gasteiger partial charge in [0.15, 0.2) is 6.61 Å². The normalized spacial score (nSPS) is 13.7. The second kappa shape index (κ2) is 10.5. The number of hydrogen-bond donors (Lipinski definition) is 1. The van der Waals surface area contributed by atoms with E-state index in [0.29, 0.717) is 23.4 Å². The number of fused-ring (bicyclic) bond motifs is 1. The van der Waals surface area contributed by atoms with Gasteiger partial charge in [-0.25, -0.2) is 4.79 Å². The number of nitrogens with zero attached hydrogens (tertiary/aromatic N) is 1. The smallest absolute Gasteiger partial charge is 0.329 e. The predicted molar refractivity (Wildman–Crippen MR) is 131 cm³/mol. The van der Waals surface area contributed by atoms with Gasteiger partial charge in [0.25, 0.3) is 17.7 Å². The first-order valence-electron chi connectivity index (χ1n) is 10.4. The topological polar surface area (TPSA) is 92.8 Å². The van der Waals surface area contributed by atoms with Crippen molar-refractivity contribution in [3.8, 4) is 0 Å². The summed E-state index contributed by atoms with van der Waals surface area (Å²) in [6.07, 6.45) is 1.42. The molecule has 1 aliphatic rings. The number of nitrogens with one attached hydrogen (secondary N) is 1. The van der Waals surface area contributed by atoms with Crippen LogP contribution in [-0.4, -0.2) is 41.2 Å². The highest BCUT2D eigenvalue weighted by molar-refractivity contribution is 6.55. The van der Waals surface area contributed by atoms with E-state index in [1.807, 2.05) is 32.0 Å². The van der Waals surface area contributed by atoms with Crippen molar-refractivity contribution in [1.29, 1.82) is 0 Å². The molecule has 3 rings (SSSR count). The molecule has 1 aliphatic heterocycles. The van der Waals surface area contributed by atoms with E-state index < -0.39 is 36.3 Å². The largest absolute Gasteiger partial charge is 0.454 e. The van der Waals surface area contributed by atoms with Crippen molar-refractivity contribution in [2.45, 2.75) is 39.7 Å². The van der Waals surface area contributed by atoms with Crippen LogP contribution in [0.3, 0.4) is 0 Å². The van der Waals surface area contributed by atoms with Crippen molar-refractivity contribution in [1.82, 2.24) is 4.90 Å². The lowest BCUT2D eigenvalue weighted by Gasteiger charge is -2.21. The van der Waals surface area contributed by atoms with Crippen LogP contribution in [0.4, 0.5) is 5.69 Å². The summed E-state index contributed by atoms with van der Waals surface area (Å²) in [5.41, 5.74) is 2.09. The first-order valence-corrected chi connectivity index (χ1v) is 11.9. The number of esters is 1. The average molecular weight is 546 g/mol. The summed E-state index contributed by atoms with van der Waals surface area (Å²) in [7, 11) is 0. The van der Waals surface area contributed by atoms with Gasteiger partial charge in [-0.15, -0.1) is 0 Å². The summed E-state index contributed by atoms with van der Waals surface area (Å²) < 4.78 is 5.09. The molecule has 0 aromatic heterocycles. The second-order valence-corrected chi connectivity index (χ2v) is 8.99. The van der Waals surface area contributed by atoms with Gasteiger partial charge in [0.2, 0.25) is 0 Å². The van der Waals surface area contributed by atoms with Crippen LogP contribution in [-0.2, 0) is 27.2 Å². The van der Waals surface area contributed by atoms with Crippen molar-refractivity contribution >= 4 is 75.8 Å². The molecule has 0 aliphatic carbocycles. The lowest BCUT2D eigenvalue weighted by Crippen LogP contribution is -2.44. The average Bonchev–Trinajstić information content (AvgIpc) is 3.09. The zero-order valence-electron chi connectivity index (χ0n) is 18.4. The van der Waals surface area contributed by atoms with Crippen molar-refractivity contribution in [3.05, 3.63) is 60.5 Å². The van der Waals surface area contributed by atoms with Gasteiger partial charge >= 0.3 is 5.97 Å². The number of ether oxygens (including phenoxy) is 1. The molecule has 1 atom stereocenters. The van der Waals surface area contributed by atoms with E-state index in [2.05, 4.69) is 5.32 Å². The maximum absolute atomic E-state index is 12.9. The minimum Gasteiger partial charge on any atom is -0.454 e. The number of halogens is 4. The third-order valence-corrected chi connectivity index (χ3v) is 7.27. The quantitative estimate of drug-likeness (QED) is 0.212. The summed E-state index contributed by atoms with van der Waals surface area (Å²) >= 11 is 24.2. The molecule has 0 saturated carbocycles. The Bertz CT molecular complexity index is 1150. The number of rotatable bonds is 7. The van der Waals surface area contributed by atoms with Crippen molar-refractivity contribution in [2.24, 2.45) is 0 Å². The van der Waals surface area contributed by atoms with E-state index >= 15 is 0 Å². The van der Waals surface area contributed by atoms with Crippen LogP contribution in [0.15, 0.2) is 18.2 Å². The molecule has 1 heterocycles. The number of imide groups is 1. The molecule has 0 spiro atoms. The molecule has 180 valence electrons. The Kier molecular flexibility index (Phi) is 8.14. The highest BCUT2D eigenvalue weighted by Crippen LogP contribution is 2.45. The molecule has 2 aromatic carbocycles. The molecule has 11 heteroatoms. The number of para-hydroxylation sites is 1. The maximum Gasteiger partial charge on any atom is 0.329 e. The number of aryl methyl sites for hydroxylation is 2. The van der Waals surface area contributed by atoms with Gasteiger partial charge in [-0.05, 0) is 30.9 Å². The fourth-order valence-electron chi connectivity index (χ4n) is 3.66. The number of carbonyl (C=O) groups is 4. The molecule has 0 radical (unpaired) electrons. The minimum absolute atomic E-state index is 0.180. The van der Waals surface area contributed by atoms with Gasteiger partial charge in [0.05, 0.1) is 31.2 Å². The van der Waals surface area contributed by atoms with Crippen molar-refractivity contribution in [3.63, 3.8) is 0 Å². The fourth-order valence-corrected chi connectivity index (χ4v) is 4.67. The van der Waals surface area contributed by atoms with Crippen LogP contribution >= 0.6 is 46.4 Å². The molecule has 0 fully saturated rings. The minimum atomic E-state index is -1.36. The van der Waals surface area contributed by atoms with Gasteiger partial charge < -0.3 is 10.1 Å². The van der Waals surface area contributed by atoms with Gasteiger partial charge in [-0.2, -0.15) is 0 Å². The number of carbonyl (C=O) groups excluding carboxylic acids is 4. The maximum atomic E-state index is 12.9. The second-order valence-electron chi connectivity index (χ2n) is 7.48. The Balaban J connectivity index is 1.73. The monoisotopic (exact) mass is 544 g/mol. The molecule has 1 N–H and O–H groups in total. The van der Waals surface area contributed by atoms with Gasteiger partial charge in [0, 0.05) is 5.69 Å². The van der Waals surface area contributed by atoms with Crippen LogP contribution in [0.25, 0.3) is 0 Å². The molecular weight excluding hydrogens is 526 g/mol. The Hall–Kier alpha value is -2.32. The fraction of sp³-hybridized carbons (Fsp3) is 0.304. The Morgan fingerprint density at radius 1 is 0.912 bits per heavy atom. The van der Waals surface area contributed by atoms with Crippen molar-refractivity contribution in [2.75, 3.05) is 11.9 Å². The summed E-state index contributed by atoms with van der Waals surface area (Å²) in [5, 5.41) is 1.93. The summed E-state index contributed by atoms with van der Waals surface area (Å²) in [6, 6.07) is 4.36. The first kappa shape index (κ1) is 26.3. The van der Waals surface area contributed by atoms with E-state index in [1.165, 1.54) is 6.92 Å². The zero-order valence-corrected chi connectivity index (χ0v) is 21.5. The van der Waals surface area contributed by atoms with E-state index in [0.717, 1.165) is 11.1 Å². The molecule has 0 unspecified atom stereocenters. The lowest BCUT2D eigenvalue weighted by atomic mass is 10.0. The van der Waals surface area contributed by atoms with E-state index in [4.69, 9.17) is 51.1 Å². The Labute approximate surface area is 216 Å². The first-order chi connectivity index (χ1) is 16.0. The van der Waals surface area contributed by atoms with Gasteiger partial charge in [-0.3, -0.25) is 19.3 Å². The lowest BCUT2D eigenvalue weighted by molar-refractivity contribution is -0.150. The van der Waals surface area contributed by atoms with Crippen LogP contribution in [0, 0.1) is 0 Å². The molecule has 0 bridgehead atoms. The number of anilines is 1. The number of hydrogen-bond acceptors (Lipinski definition) is 5. The Morgan fingerprint density at radius 2 is 1.38 bits per heavy atom. The van der Waals surface area contributed by atoms with Crippen LogP contribution < -0.4 is 5.32 Å². The summed E-state index contributed by atoms with van der Waals surface area (Å²) in [5.74, 6) is -3.26. The van der Waals surface area contributed by atoms with E-state index in [9.17, 15) is 19.2 Å². The highest BCUT2D eigenvalue weighted by Gasteiger charge is 2.45.